The summed E-state index contributed by atoms with van der Waals surface area (Å²) in [7, 11) is 0. The summed E-state index contributed by atoms with van der Waals surface area (Å²) < 4.78 is 0. The van der Waals surface area contributed by atoms with Crippen LogP contribution in [0.3, 0.4) is 0 Å². The number of hydrogen-bond donors (Lipinski definition) is 0. The highest BCUT2D eigenvalue weighted by Crippen LogP contribution is 2.29. The van der Waals surface area contributed by atoms with Gasteiger partial charge in [0.15, 0.2) is 0 Å². The first-order chi connectivity index (χ1) is 6.81. The molecular formula is C12H13ClS. The molecule has 74 valence electrons. The van der Waals surface area contributed by atoms with E-state index in [1.165, 1.54) is 34.9 Å². The minimum atomic E-state index is 0.831. The third-order valence-corrected chi connectivity index (χ3v) is 3.72. The number of unbranched alkanes of at least 4 members (excludes halogenated alkanes) is 1. The number of aryl methyl sites for hydroxylation is 1. The summed E-state index contributed by atoms with van der Waals surface area (Å²) in [6.45, 7) is 2.23. The van der Waals surface area contributed by atoms with Gasteiger partial charge in [-0.25, -0.2) is 0 Å². The Balaban J connectivity index is 2.37. The second-order valence-corrected chi connectivity index (χ2v) is 4.89. The van der Waals surface area contributed by atoms with Crippen LogP contribution in [0.5, 0.6) is 0 Å². The molecule has 0 spiro atoms. The lowest BCUT2D eigenvalue weighted by molar-refractivity contribution is 0.807. The maximum Gasteiger partial charge on any atom is 0.0412 e. The van der Waals surface area contributed by atoms with Crippen LogP contribution >= 0.6 is 22.9 Å². The van der Waals surface area contributed by atoms with Gasteiger partial charge in [0.2, 0.25) is 0 Å². The summed E-state index contributed by atoms with van der Waals surface area (Å²) in [6, 6.07) is 6.16. The van der Waals surface area contributed by atoms with E-state index in [2.05, 4.69) is 18.4 Å². The Labute approximate surface area is 93.5 Å². The summed E-state index contributed by atoms with van der Waals surface area (Å²) in [4.78, 5) is 1.50. The fourth-order valence-corrected chi connectivity index (χ4v) is 2.83. The molecule has 14 heavy (non-hydrogen) atoms. The zero-order valence-electron chi connectivity index (χ0n) is 8.22. The lowest BCUT2D eigenvalue weighted by atomic mass is 10.1. The molecule has 2 heteroatoms. The third-order valence-electron chi connectivity index (χ3n) is 2.40. The van der Waals surface area contributed by atoms with Crippen LogP contribution in [0.1, 0.15) is 24.6 Å². The summed E-state index contributed by atoms with van der Waals surface area (Å²) in [6.07, 6.45) is 3.73. The quantitative estimate of drug-likeness (QED) is 0.696. The molecule has 0 aliphatic rings. The summed E-state index contributed by atoms with van der Waals surface area (Å²) in [5, 5.41) is 5.70. The molecule has 1 heterocycles. The molecule has 0 atom stereocenters. The summed E-state index contributed by atoms with van der Waals surface area (Å²) >= 11 is 7.79. The average Bonchev–Trinajstić information content (AvgIpc) is 2.57. The maximum atomic E-state index is 5.94. The van der Waals surface area contributed by atoms with Crippen LogP contribution in [0.4, 0.5) is 0 Å². The number of hydrogen-bond acceptors (Lipinski definition) is 1. The van der Waals surface area contributed by atoms with E-state index in [0.717, 1.165) is 5.02 Å². The van der Waals surface area contributed by atoms with Gasteiger partial charge in [-0.3, -0.25) is 0 Å². The minimum Gasteiger partial charge on any atom is -0.148 e. The highest BCUT2D eigenvalue weighted by Gasteiger charge is 2.03. The molecule has 1 aromatic heterocycles. The fourth-order valence-electron chi connectivity index (χ4n) is 1.61. The minimum absolute atomic E-state index is 0.831. The zero-order chi connectivity index (χ0) is 9.97. The molecule has 0 saturated heterocycles. The Bertz CT molecular complexity index is 431. The van der Waals surface area contributed by atoms with Crippen molar-refractivity contribution in [2.75, 3.05) is 0 Å². The van der Waals surface area contributed by atoms with Gasteiger partial charge in [0.1, 0.15) is 0 Å². The first kappa shape index (κ1) is 10.0. The molecule has 0 unspecified atom stereocenters. The molecule has 0 bridgehead atoms. The highest BCUT2D eigenvalue weighted by atomic mass is 35.5. The summed E-state index contributed by atoms with van der Waals surface area (Å²) in [5.41, 5.74) is 0. The lowest BCUT2D eigenvalue weighted by Gasteiger charge is -1.97. The molecular weight excluding hydrogens is 212 g/mol. The van der Waals surface area contributed by atoms with Gasteiger partial charge < -0.3 is 0 Å². The van der Waals surface area contributed by atoms with Gasteiger partial charge >= 0.3 is 0 Å². The SMILES string of the molecule is CCCCc1scc2cc(Cl)ccc12. The Kier molecular flexibility index (Phi) is 3.09. The van der Waals surface area contributed by atoms with Crippen molar-refractivity contribution in [3.8, 4) is 0 Å². The number of halogens is 1. The predicted molar refractivity (Wildman–Crippen MR) is 65.4 cm³/mol. The second kappa shape index (κ2) is 4.33. The molecule has 0 aliphatic heterocycles. The van der Waals surface area contributed by atoms with Gasteiger partial charge in [0.25, 0.3) is 0 Å². The van der Waals surface area contributed by atoms with Gasteiger partial charge in [-0.15, -0.1) is 11.3 Å². The van der Waals surface area contributed by atoms with E-state index in [1.54, 1.807) is 0 Å². The molecule has 0 nitrogen and oxygen atoms in total. The van der Waals surface area contributed by atoms with Crippen molar-refractivity contribution in [1.82, 2.24) is 0 Å². The van der Waals surface area contributed by atoms with E-state index in [0.29, 0.717) is 0 Å². The molecule has 0 radical (unpaired) electrons. The first-order valence-electron chi connectivity index (χ1n) is 4.97. The van der Waals surface area contributed by atoms with Gasteiger partial charge in [0, 0.05) is 9.90 Å². The van der Waals surface area contributed by atoms with Gasteiger partial charge in [0.05, 0.1) is 0 Å². The van der Waals surface area contributed by atoms with Gasteiger partial charge in [-0.1, -0.05) is 31.0 Å². The monoisotopic (exact) mass is 224 g/mol. The van der Waals surface area contributed by atoms with E-state index >= 15 is 0 Å². The molecule has 0 fully saturated rings. The fraction of sp³-hybridized carbons (Fsp3) is 0.333. The summed E-state index contributed by atoms with van der Waals surface area (Å²) in [5.74, 6) is 0. The molecule has 1 aromatic carbocycles. The highest BCUT2D eigenvalue weighted by molar-refractivity contribution is 7.11. The topological polar surface area (TPSA) is 0 Å². The number of rotatable bonds is 3. The average molecular weight is 225 g/mol. The van der Waals surface area contributed by atoms with Crippen molar-refractivity contribution >= 4 is 33.7 Å². The van der Waals surface area contributed by atoms with Crippen molar-refractivity contribution in [3.63, 3.8) is 0 Å². The van der Waals surface area contributed by atoms with Crippen molar-refractivity contribution in [2.24, 2.45) is 0 Å². The molecule has 0 N–H and O–H groups in total. The zero-order valence-corrected chi connectivity index (χ0v) is 9.79. The van der Waals surface area contributed by atoms with Crippen LogP contribution < -0.4 is 0 Å². The largest absolute Gasteiger partial charge is 0.148 e. The van der Waals surface area contributed by atoms with Crippen molar-refractivity contribution < 1.29 is 0 Å². The van der Waals surface area contributed by atoms with Crippen LogP contribution in [0.2, 0.25) is 5.02 Å². The van der Waals surface area contributed by atoms with Crippen LogP contribution in [0.15, 0.2) is 23.6 Å². The second-order valence-electron chi connectivity index (χ2n) is 3.49. The lowest BCUT2D eigenvalue weighted by Crippen LogP contribution is -1.79. The van der Waals surface area contributed by atoms with E-state index in [-0.39, 0.29) is 0 Å². The van der Waals surface area contributed by atoms with E-state index in [4.69, 9.17) is 11.6 Å². The molecule has 0 aliphatic carbocycles. The number of benzene rings is 1. The predicted octanol–water partition coefficient (Wildman–Crippen LogP) is 4.90. The Morgan fingerprint density at radius 1 is 1.36 bits per heavy atom. The van der Waals surface area contributed by atoms with Crippen LogP contribution in [-0.4, -0.2) is 0 Å². The molecule has 0 amide bonds. The van der Waals surface area contributed by atoms with Crippen molar-refractivity contribution in [1.29, 1.82) is 0 Å². The van der Waals surface area contributed by atoms with E-state index < -0.39 is 0 Å². The van der Waals surface area contributed by atoms with E-state index in [9.17, 15) is 0 Å². The number of fused-ring (bicyclic) bond motifs is 1. The molecule has 2 rings (SSSR count). The van der Waals surface area contributed by atoms with Crippen molar-refractivity contribution in [2.45, 2.75) is 26.2 Å². The molecule has 2 aromatic rings. The van der Waals surface area contributed by atoms with Crippen LogP contribution in [0, 0.1) is 0 Å². The van der Waals surface area contributed by atoms with Crippen LogP contribution in [-0.2, 0) is 6.42 Å². The first-order valence-corrected chi connectivity index (χ1v) is 6.22. The standard InChI is InChI=1S/C12H13ClS/c1-2-3-4-12-11-6-5-10(13)7-9(11)8-14-12/h5-8H,2-4H2,1H3. The van der Waals surface area contributed by atoms with Crippen LogP contribution in [0.25, 0.3) is 10.8 Å². The van der Waals surface area contributed by atoms with Gasteiger partial charge in [-0.2, -0.15) is 0 Å². The van der Waals surface area contributed by atoms with Crippen molar-refractivity contribution in [3.05, 3.63) is 33.5 Å². The smallest absolute Gasteiger partial charge is 0.0412 e. The molecule has 0 saturated carbocycles. The number of thiophene rings is 1. The van der Waals surface area contributed by atoms with Gasteiger partial charge in [-0.05, 0) is 41.1 Å². The Morgan fingerprint density at radius 2 is 2.21 bits per heavy atom. The Morgan fingerprint density at radius 3 is 3.00 bits per heavy atom. The normalized spacial score (nSPS) is 11.0. The maximum absolute atomic E-state index is 5.94. The Hall–Kier alpha value is -0.530. The third kappa shape index (κ3) is 1.94. The van der Waals surface area contributed by atoms with E-state index in [1.807, 2.05) is 23.5 Å².